The van der Waals surface area contributed by atoms with Gasteiger partial charge in [-0.05, 0) is 19.8 Å². The molecule has 0 bridgehead atoms. The van der Waals surface area contributed by atoms with Gasteiger partial charge in [0.15, 0.2) is 0 Å². The number of piperazine rings is 1. The van der Waals surface area contributed by atoms with Crippen LogP contribution in [0.5, 0.6) is 0 Å². The van der Waals surface area contributed by atoms with Crippen LogP contribution in [0.2, 0.25) is 0 Å². The minimum Gasteiger partial charge on any atom is -0.330 e. The molecule has 0 aromatic carbocycles. The number of carbonyl (C=O) groups excluding carboxylic acids is 1. The van der Waals surface area contributed by atoms with Gasteiger partial charge >= 0.3 is 12.1 Å². The van der Waals surface area contributed by atoms with Crippen molar-refractivity contribution in [1.82, 2.24) is 9.80 Å². The molecule has 1 aliphatic heterocycles. The Kier molecular flexibility index (Phi) is 5.01. The molecule has 0 N–H and O–H groups in total. The molecule has 0 radical (unpaired) electrons. The average molecular weight is 266 g/mol. The molecule has 0 spiro atoms. The van der Waals surface area contributed by atoms with Gasteiger partial charge in [0.05, 0.1) is 0 Å². The lowest BCUT2D eigenvalue weighted by atomic mass is 10.1. The Morgan fingerprint density at radius 3 is 2.22 bits per heavy atom. The topological polar surface area (TPSA) is 23.6 Å². The van der Waals surface area contributed by atoms with Crippen LogP contribution in [0, 0.1) is 0 Å². The molecule has 1 rings (SSSR count). The minimum absolute atomic E-state index is 0.163. The van der Waals surface area contributed by atoms with Gasteiger partial charge in [0.1, 0.15) is 0 Å². The number of amides is 1. The van der Waals surface area contributed by atoms with Gasteiger partial charge in [-0.25, -0.2) is 0 Å². The zero-order valence-electron chi connectivity index (χ0n) is 11.1. The smallest absolute Gasteiger partial charge is 0.330 e. The zero-order chi connectivity index (χ0) is 13.9. The summed E-state index contributed by atoms with van der Waals surface area (Å²) in [5.41, 5.74) is 0. The molecular weight excluding hydrogens is 245 g/mol. The van der Waals surface area contributed by atoms with Crippen LogP contribution in [-0.2, 0) is 4.79 Å². The van der Waals surface area contributed by atoms with Crippen molar-refractivity contribution in [2.75, 3.05) is 19.6 Å². The van der Waals surface area contributed by atoms with E-state index >= 15 is 0 Å². The third-order valence-electron chi connectivity index (χ3n) is 3.62. The van der Waals surface area contributed by atoms with Crippen molar-refractivity contribution >= 4 is 5.91 Å². The maximum atomic E-state index is 12.4. The summed E-state index contributed by atoms with van der Waals surface area (Å²) >= 11 is 0. The summed E-state index contributed by atoms with van der Waals surface area (Å²) in [6.07, 6.45) is -2.79. The first-order valence-corrected chi connectivity index (χ1v) is 6.43. The predicted molar refractivity (Wildman–Crippen MR) is 63.2 cm³/mol. The predicted octanol–water partition coefficient (Wildman–Crippen LogP) is 2.27. The van der Waals surface area contributed by atoms with Crippen molar-refractivity contribution in [1.29, 1.82) is 0 Å². The Morgan fingerprint density at radius 1 is 1.28 bits per heavy atom. The molecule has 3 nitrogen and oxygen atoms in total. The molecule has 18 heavy (non-hydrogen) atoms. The van der Waals surface area contributed by atoms with E-state index in [1.54, 1.807) is 6.92 Å². The summed E-state index contributed by atoms with van der Waals surface area (Å²) < 4.78 is 37.2. The van der Waals surface area contributed by atoms with Crippen LogP contribution in [0.3, 0.4) is 0 Å². The van der Waals surface area contributed by atoms with Gasteiger partial charge in [0.25, 0.3) is 0 Å². The molecule has 1 saturated heterocycles. The van der Waals surface area contributed by atoms with E-state index in [0.29, 0.717) is 19.1 Å². The lowest BCUT2D eigenvalue weighted by Gasteiger charge is -2.43. The highest BCUT2D eigenvalue weighted by Crippen LogP contribution is 2.23. The van der Waals surface area contributed by atoms with Gasteiger partial charge in [-0.15, -0.1) is 0 Å². The fraction of sp³-hybridized carbons (Fsp3) is 0.917. The molecule has 0 aromatic heterocycles. The zero-order valence-corrected chi connectivity index (χ0v) is 11.1. The Bertz CT molecular complexity index is 290. The molecule has 6 heteroatoms. The number of alkyl halides is 3. The Morgan fingerprint density at radius 2 is 1.83 bits per heavy atom. The number of rotatable bonds is 3. The molecule has 1 atom stereocenters. The van der Waals surface area contributed by atoms with Crippen LogP contribution in [0.15, 0.2) is 0 Å². The molecule has 1 heterocycles. The fourth-order valence-corrected chi connectivity index (χ4v) is 2.59. The quantitative estimate of drug-likeness (QED) is 0.782. The first-order chi connectivity index (χ1) is 8.31. The third-order valence-corrected chi connectivity index (χ3v) is 3.62. The van der Waals surface area contributed by atoms with Crippen LogP contribution < -0.4 is 0 Å². The molecule has 1 aliphatic rings. The first-order valence-electron chi connectivity index (χ1n) is 6.43. The molecule has 0 unspecified atom stereocenters. The van der Waals surface area contributed by atoms with Gasteiger partial charge in [0, 0.05) is 31.7 Å². The summed E-state index contributed by atoms with van der Waals surface area (Å²) in [4.78, 5) is 14.4. The molecule has 1 amide bonds. The van der Waals surface area contributed by atoms with Crippen LogP contribution in [-0.4, -0.2) is 53.6 Å². The van der Waals surface area contributed by atoms with E-state index < -0.39 is 12.1 Å². The molecule has 0 aliphatic carbocycles. The maximum Gasteiger partial charge on any atom is 0.471 e. The Labute approximate surface area is 106 Å². The standard InChI is InChI=1S/C12H21F3N2O/c1-4-10(5-2)16-6-7-17(9(3)8-16)11(18)12(13,14)15/h9-10H,4-8H2,1-3H3/t9-/m1/s1. The van der Waals surface area contributed by atoms with Crippen molar-refractivity contribution in [2.45, 2.75) is 51.9 Å². The highest BCUT2D eigenvalue weighted by Gasteiger charge is 2.45. The van der Waals surface area contributed by atoms with Crippen LogP contribution >= 0.6 is 0 Å². The fourth-order valence-electron chi connectivity index (χ4n) is 2.59. The number of halogens is 3. The minimum atomic E-state index is -4.76. The second-order valence-electron chi connectivity index (χ2n) is 4.81. The van der Waals surface area contributed by atoms with E-state index in [4.69, 9.17) is 0 Å². The summed E-state index contributed by atoms with van der Waals surface area (Å²) in [5, 5.41) is 0. The van der Waals surface area contributed by atoms with Gasteiger partial charge in [-0.3, -0.25) is 9.69 Å². The second kappa shape index (κ2) is 5.91. The SMILES string of the molecule is CCC(CC)N1CCN(C(=O)C(F)(F)F)[C@H](C)C1. The van der Waals surface area contributed by atoms with Crippen molar-refractivity contribution in [3.63, 3.8) is 0 Å². The van der Waals surface area contributed by atoms with E-state index in [0.717, 1.165) is 17.7 Å². The summed E-state index contributed by atoms with van der Waals surface area (Å²) in [6.45, 7) is 7.04. The third kappa shape index (κ3) is 3.37. The summed E-state index contributed by atoms with van der Waals surface area (Å²) in [5.74, 6) is -1.71. The van der Waals surface area contributed by atoms with Gasteiger partial charge in [-0.2, -0.15) is 13.2 Å². The summed E-state index contributed by atoms with van der Waals surface area (Å²) in [7, 11) is 0. The number of nitrogens with zero attached hydrogens (tertiary/aromatic N) is 2. The van der Waals surface area contributed by atoms with Crippen molar-refractivity contribution < 1.29 is 18.0 Å². The van der Waals surface area contributed by atoms with Crippen LogP contribution in [0.1, 0.15) is 33.6 Å². The number of hydrogen-bond donors (Lipinski definition) is 0. The van der Waals surface area contributed by atoms with Crippen molar-refractivity contribution in [3.05, 3.63) is 0 Å². The summed E-state index contributed by atoms with van der Waals surface area (Å²) in [6, 6.07) is 0.0177. The average Bonchev–Trinajstić information content (AvgIpc) is 2.29. The van der Waals surface area contributed by atoms with Gasteiger partial charge < -0.3 is 4.90 Å². The second-order valence-corrected chi connectivity index (χ2v) is 4.81. The Hall–Kier alpha value is -0.780. The highest BCUT2D eigenvalue weighted by atomic mass is 19.4. The molecular formula is C12H21F3N2O. The Balaban J connectivity index is 2.64. The van der Waals surface area contributed by atoms with Crippen molar-refractivity contribution in [3.8, 4) is 0 Å². The normalized spacial score (nSPS) is 22.6. The van der Waals surface area contributed by atoms with Crippen LogP contribution in [0.25, 0.3) is 0 Å². The largest absolute Gasteiger partial charge is 0.471 e. The van der Waals surface area contributed by atoms with E-state index in [2.05, 4.69) is 18.7 Å². The highest BCUT2D eigenvalue weighted by molar-refractivity contribution is 5.82. The maximum absolute atomic E-state index is 12.4. The molecule has 0 saturated carbocycles. The van der Waals surface area contributed by atoms with Gasteiger partial charge in [-0.1, -0.05) is 13.8 Å². The molecule has 1 fully saturated rings. The van der Waals surface area contributed by atoms with E-state index in [1.807, 2.05) is 0 Å². The lowest BCUT2D eigenvalue weighted by molar-refractivity contribution is -0.190. The first kappa shape index (κ1) is 15.3. The van der Waals surface area contributed by atoms with Gasteiger partial charge in [0.2, 0.25) is 0 Å². The molecule has 106 valence electrons. The van der Waals surface area contributed by atoms with E-state index in [1.165, 1.54) is 0 Å². The monoisotopic (exact) mass is 266 g/mol. The number of carbonyl (C=O) groups is 1. The van der Waals surface area contributed by atoms with E-state index in [9.17, 15) is 18.0 Å². The number of hydrogen-bond acceptors (Lipinski definition) is 2. The van der Waals surface area contributed by atoms with Crippen molar-refractivity contribution in [2.24, 2.45) is 0 Å². The molecule has 0 aromatic rings. The van der Waals surface area contributed by atoms with Crippen LogP contribution in [0.4, 0.5) is 13.2 Å². The lowest BCUT2D eigenvalue weighted by Crippen LogP contribution is -2.58. The van der Waals surface area contributed by atoms with E-state index in [-0.39, 0.29) is 12.6 Å².